The summed E-state index contributed by atoms with van der Waals surface area (Å²) in [6.07, 6.45) is 1.39. The molecule has 1 amide bonds. The number of nitrogens with one attached hydrogen (secondary N) is 1. The third-order valence-electron chi connectivity index (χ3n) is 2.69. The summed E-state index contributed by atoms with van der Waals surface area (Å²) in [7, 11) is 1.15. The van der Waals surface area contributed by atoms with E-state index in [0.717, 1.165) is 37.1 Å². The third-order valence-corrected chi connectivity index (χ3v) is 3.54. The molecule has 0 aliphatic carbocycles. The average molecular weight is 359 g/mol. The van der Waals surface area contributed by atoms with Crippen molar-refractivity contribution in [3.8, 4) is 0 Å². The van der Waals surface area contributed by atoms with E-state index in [4.69, 9.17) is 0 Å². The normalized spacial score (nSPS) is 11.4. The molecule has 0 aliphatic heterocycles. The van der Waals surface area contributed by atoms with E-state index in [1.54, 1.807) is 6.26 Å². The maximum absolute atomic E-state index is 12.1. The molecular formula is C12H13N3O8S. The van der Waals surface area contributed by atoms with Crippen molar-refractivity contribution in [2.75, 3.05) is 13.4 Å². The zero-order chi connectivity index (χ0) is 18.3. The van der Waals surface area contributed by atoms with Gasteiger partial charge in [0.15, 0.2) is 0 Å². The molecule has 0 saturated heterocycles. The van der Waals surface area contributed by atoms with Crippen LogP contribution in [0.2, 0.25) is 0 Å². The number of carbonyl (C=O) groups excluding carboxylic acids is 2. The molecule has 0 spiro atoms. The van der Waals surface area contributed by atoms with Crippen molar-refractivity contribution in [1.29, 1.82) is 0 Å². The number of carbonyl (C=O) groups is 2. The lowest BCUT2D eigenvalue weighted by atomic mass is 10.1. The number of nitrogens with zero attached hydrogens (tertiary/aromatic N) is 2. The lowest BCUT2D eigenvalue weighted by molar-refractivity contribution is -0.394. The van der Waals surface area contributed by atoms with Gasteiger partial charge >= 0.3 is 5.97 Å². The molecule has 12 heteroatoms. The van der Waals surface area contributed by atoms with Gasteiger partial charge in [0.25, 0.3) is 17.3 Å². The Bertz CT molecular complexity index is 633. The fourth-order valence-electron chi connectivity index (χ4n) is 1.64. The number of hydrogen-bond donors (Lipinski definition) is 1. The standard InChI is InChI=1S/C12H13N3O8S/c1-22-23-11(16)6-10(24-2)13-12(17)7-3-8(14(18)19)5-9(4-7)15(20)21/h3-5,10H,6H2,1-2H3,(H,13,17). The first-order chi connectivity index (χ1) is 11.3. The van der Waals surface area contributed by atoms with Crippen LogP contribution in [0.3, 0.4) is 0 Å². The van der Waals surface area contributed by atoms with Crippen LogP contribution in [0.1, 0.15) is 16.8 Å². The summed E-state index contributed by atoms with van der Waals surface area (Å²) in [5.41, 5.74) is -1.45. The highest BCUT2D eigenvalue weighted by atomic mass is 32.2. The van der Waals surface area contributed by atoms with Crippen LogP contribution in [0.4, 0.5) is 11.4 Å². The van der Waals surface area contributed by atoms with E-state index in [1.165, 1.54) is 0 Å². The van der Waals surface area contributed by atoms with E-state index >= 15 is 0 Å². The topological polar surface area (TPSA) is 151 Å². The van der Waals surface area contributed by atoms with Gasteiger partial charge in [-0.25, -0.2) is 4.79 Å². The summed E-state index contributed by atoms with van der Waals surface area (Å²) < 4.78 is 0. The third kappa shape index (κ3) is 5.48. The Labute approximate surface area is 139 Å². The van der Waals surface area contributed by atoms with Gasteiger partial charge < -0.3 is 5.32 Å². The van der Waals surface area contributed by atoms with Crippen LogP contribution in [0, 0.1) is 20.2 Å². The van der Waals surface area contributed by atoms with Crippen molar-refractivity contribution >= 4 is 35.0 Å². The molecule has 0 aliphatic rings. The summed E-state index contributed by atoms with van der Waals surface area (Å²) in [6.45, 7) is 0. The Hall–Kier alpha value is -2.73. The molecule has 1 unspecified atom stereocenters. The molecule has 1 aromatic rings. The van der Waals surface area contributed by atoms with Crippen molar-refractivity contribution in [2.45, 2.75) is 11.8 Å². The molecule has 1 rings (SSSR count). The van der Waals surface area contributed by atoms with Crippen molar-refractivity contribution in [2.24, 2.45) is 0 Å². The van der Waals surface area contributed by atoms with Crippen LogP contribution in [-0.2, 0) is 14.6 Å². The van der Waals surface area contributed by atoms with Gasteiger partial charge in [-0.2, -0.15) is 4.89 Å². The zero-order valence-corrected chi connectivity index (χ0v) is 13.4. The zero-order valence-electron chi connectivity index (χ0n) is 12.6. The monoisotopic (exact) mass is 359 g/mol. The van der Waals surface area contributed by atoms with Gasteiger partial charge in [0.2, 0.25) is 0 Å². The second-order valence-electron chi connectivity index (χ2n) is 4.28. The fourth-order valence-corrected chi connectivity index (χ4v) is 2.17. The van der Waals surface area contributed by atoms with Crippen LogP contribution >= 0.6 is 11.8 Å². The lowest BCUT2D eigenvalue weighted by Gasteiger charge is -2.15. The molecule has 0 saturated carbocycles. The first-order valence-corrected chi connectivity index (χ1v) is 7.58. The molecule has 0 radical (unpaired) electrons. The fraction of sp³-hybridized carbons (Fsp3) is 0.333. The van der Waals surface area contributed by atoms with Gasteiger partial charge in [-0.05, 0) is 6.26 Å². The number of hydrogen-bond acceptors (Lipinski definition) is 9. The Morgan fingerprint density at radius 2 is 1.75 bits per heavy atom. The quantitative estimate of drug-likeness (QED) is 0.314. The summed E-state index contributed by atoms with van der Waals surface area (Å²) in [6, 6.07) is 2.57. The minimum atomic E-state index is -0.841. The molecule has 1 N–H and O–H groups in total. The van der Waals surface area contributed by atoms with Gasteiger partial charge in [-0.1, -0.05) is 0 Å². The molecule has 0 bridgehead atoms. The average Bonchev–Trinajstić information content (AvgIpc) is 2.53. The number of benzene rings is 1. The molecule has 1 aromatic carbocycles. The molecule has 24 heavy (non-hydrogen) atoms. The van der Waals surface area contributed by atoms with E-state index in [1.807, 2.05) is 0 Å². The van der Waals surface area contributed by atoms with Crippen LogP contribution in [0.25, 0.3) is 0 Å². The number of non-ortho nitro benzene ring substituents is 2. The van der Waals surface area contributed by atoms with Gasteiger partial charge in [0.05, 0.1) is 40.4 Å². The molecule has 0 fully saturated rings. The smallest absolute Gasteiger partial charge is 0.340 e. The Balaban J connectivity index is 2.98. The minimum absolute atomic E-state index is 0.224. The second-order valence-corrected chi connectivity index (χ2v) is 5.32. The van der Waals surface area contributed by atoms with Gasteiger partial charge in [-0.15, -0.1) is 11.8 Å². The van der Waals surface area contributed by atoms with Gasteiger partial charge in [0.1, 0.15) is 0 Å². The second kappa shape index (κ2) is 8.79. The highest BCUT2D eigenvalue weighted by Crippen LogP contribution is 2.23. The van der Waals surface area contributed by atoms with Crippen LogP contribution in [0.5, 0.6) is 0 Å². The number of thioether (sulfide) groups is 1. The van der Waals surface area contributed by atoms with Crippen molar-refractivity contribution in [3.63, 3.8) is 0 Å². The van der Waals surface area contributed by atoms with E-state index in [0.29, 0.717) is 0 Å². The predicted octanol–water partition coefficient (Wildman–Crippen LogP) is 1.42. The maximum Gasteiger partial charge on any atom is 0.345 e. The summed E-state index contributed by atoms with van der Waals surface area (Å²) >= 11 is 1.11. The lowest BCUT2D eigenvalue weighted by Crippen LogP contribution is -2.34. The number of nitro groups is 2. The van der Waals surface area contributed by atoms with Crippen molar-refractivity contribution in [3.05, 3.63) is 44.0 Å². The SMILES string of the molecule is COOC(=O)CC(NC(=O)c1cc([N+](=O)[O-])cc([N+](=O)[O-])c1)SC. The number of amides is 1. The van der Waals surface area contributed by atoms with Crippen LogP contribution in [0.15, 0.2) is 18.2 Å². The Morgan fingerprint density at radius 3 is 2.17 bits per heavy atom. The van der Waals surface area contributed by atoms with Crippen LogP contribution in [-0.4, -0.2) is 40.5 Å². The van der Waals surface area contributed by atoms with Crippen LogP contribution < -0.4 is 5.32 Å². The van der Waals surface area contributed by atoms with E-state index < -0.39 is 38.5 Å². The van der Waals surface area contributed by atoms with E-state index in [-0.39, 0.29) is 12.0 Å². The maximum atomic E-state index is 12.1. The van der Waals surface area contributed by atoms with E-state index in [2.05, 4.69) is 15.1 Å². The minimum Gasteiger partial charge on any atom is -0.340 e. The van der Waals surface area contributed by atoms with Gasteiger partial charge in [-0.3, -0.25) is 29.9 Å². The number of nitro benzene ring substituents is 2. The Kier molecular flexibility index (Phi) is 7.07. The summed E-state index contributed by atoms with van der Waals surface area (Å²) in [4.78, 5) is 51.9. The summed E-state index contributed by atoms with van der Waals surface area (Å²) in [5, 5.41) is 23.4. The van der Waals surface area contributed by atoms with Crippen molar-refractivity contribution < 1.29 is 29.2 Å². The Morgan fingerprint density at radius 1 is 1.21 bits per heavy atom. The predicted molar refractivity (Wildman–Crippen MR) is 82.2 cm³/mol. The highest BCUT2D eigenvalue weighted by Gasteiger charge is 2.22. The molecular weight excluding hydrogens is 346 g/mol. The highest BCUT2D eigenvalue weighted by molar-refractivity contribution is 7.99. The first kappa shape index (κ1) is 19.3. The van der Waals surface area contributed by atoms with Gasteiger partial charge in [0, 0.05) is 12.1 Å². The van der Waals surface area contributed by atoms with E-state index in [9.17, 15) is 29.8 Å². The molecule has 130 valence electrons. The molecule has 1 atom stereocenters. The molecule has 0 aromatic heterocycles. The molecule has 0 heterocycles. The summed E-state index contributed by atoms with van der Waals surface area (Å²) in [5.74, 6) is -1.53. The largest absolute Gasteiger partial charge is 0.345 e. The first-order valence-electron chi connectivity index (χ1n) is 6.29. The van der Waals surface area contributed by atoms with Crippen molar-refractivity contribution in [1.82, 2.24) is 5.32 Å². The number of rotatable bonds is 8. The molecule has 11 nitrogen and oxygen atoms in total.